The van der Waals surface area contributed by atoms with Crippen LogP contribution in [0.2, 0.25) is 5.15 Å². The second kappa shape index (κ2) is 3.62. The van der Waals surface area contributed by atoms with Crippen molar-refractivity contribution in [3.63, 3.8) is 0 Å². The van der Waals surface area contributed by atoms with Gasteiger partial charge in [0.05, 0.1) is 12.8 Å². The zero-order valence-electron chi connectivity index (χ0n) is 7.17. The van der Waals surface area contributed by atoms with Gasteiger partial charge in [-0.1, -0.05) is 11.6 Å². The molecule has 1 heterocycles. The molecule has 5 heteroatoms. The maximum absolute atomic E-state index is 10.6. The number of pyridine rings is 1. The Morgan fingerprint density at radius 2 is 2.31 bits per heavy atom. The Morgan fingerprint density at radius 3 is 2.77 bits per heavy atom. The zero-order valence-corrected chi connectivity index (χ0v) is 7.92. The molecule has 0 unspecified atom stereocenters. The lowest BCUT2D eigenvalue weighted by Gasteiger charge is -2.05. The van der Waals surface area contributed by atoms with E-state index in [9.17, 15) is 4.79 Å². The summed E-state index contributed by atoms with van der Waals surface area (Å²) in [7, 11) is 1.45. The van der Waals surface area contributed by atoms with Gasteiger partial charge in [0.25, 0.3) is 0 Å². The SMILES string of the molecule is COc1cc(C(=O)O)c(Cl)nc1C. The number of carboxylic acid groups (broad SMARTS) is 1. The van der Waals surface area contributed by atoms with E-state index in [2.05, 4.69) is 4.98 Å². The van der Waals surface area contributed by atoms with Crippen molar-refractivity contribution in [2.24, 2.45) is 0 Å². The van der Waals surface area contributed by atoms with E-state index in [0.717, 1.165) is 0 Å². The smallest absolute Gasteiger partial charge is 0.338 e. The third kappa shape index (κ3) is 1.89. The molecule has 0 atom stereocenters. The van der Waals surface area contributed by atoms with Crippen LogP contribution in [-0.2, 0) is 0 Å². The number of carboxylic acids is 1. The first kappa shape index (κ1) is 9.80. The Kier molecular flexibility index (Phi) is 2.72. The maximum atomic E-state index is 10.6. The fraction of sp³-hybridized carbons (Fsp3) is 0.250. The number of nitrogens with zero attached hydrogens (tertiary/aromatic N) is 1. The molecule has 0 amide bonds. The quantitative estimate of drug-likeness (QED) is 0.741. The molecule has 4 nitrogen and oxygen atoms in total. The molecule has 1 aromatic rings. The Labute approximate surface area is 80.1 Å². The van der Waals surface area contributed by atoms with Crippen molar-refractivity contribution >= 4 is 17.6 Å². The van der Waals surface area contributed by atoms with Gasteiger partial charge in [0.1, 0.15) is 16.5 Å². The van der Waals surface area contributed by atoms with E-state index < -0.39 is 5.97 Å². The lowest BCUT2D eigenvalue weighted by molar-refractivity contribution is 0.0696. The number of ether oxygens (including phenoxy) is 1. The van der Waals surface area contributed by atoms with Crippen LogP contribution in [0.5, 0.6) is 5.75 Å². The molecular formula is C8H8ClNO3. The first-order valence-corrected chi connectivity index (χ1v) is 3.88. The van der Waals surface area contributed by atoms with Gasteiger partial charge in [0.15, 0.2) is 0 Å². The van der Waals surface area contributed by atoms with Crippen LogP contribution in [0.25, 0.3) is 0 Å². The molecule has 0 radical (unpaired) electrons. The summed E-state index contributed by atoms with van der Waals surface area (Å²) in [5.41, 5.74) is 0.515. The van der Waals surface area contributed by atoms with Crippen molar-refractivity contribution in [1.82, 2.24) is 4.98 Å². The van der Waals surface area contributed by atoms with Gasteiger partial charge in [-0.05, 0) is 13.0 Å². The molecule has 1 rings (SSSR count). The topological polar surface area (TPSA) is 59.4 Å². The number of hydrogen-bond acceptors (Lipinski definition) is 3. The van der Waals surface area contributed by atoms with Crippen LogP contribution in [0, 0.1) is 6.92 Å². The highest BCUT2D eigenvalue weighted by Gasteiger charge is 2.13. The van der Waals surface area contributed by atoms with Crippen molar-refractivity contribution in [2.75, 3.05) is 7.11 Å². The molecule has 70 valence electrons. The van der Waals surface area contributed by atoms with Crippen molar-refractivity contribution in [3.05, 3.63) is 22.5 Å². The highest BCUT2D eigenvalue weighted by Crippen LogP contribution is 2.22. The summed E-state index contributed by atoms with van der Waals surface area (Å²) < 4.78 is 4.91. The normalized spacial score (nSPS) is 9.77. The molecule has 1 N–H and O–H groups in total. The van der Waals surface area contributed by atoms with Gasteiger partial charge in [-0.3, -0.25) is 0 Å². The lowest BCUT2D eigenvalue weighted by Crippen LogP contribution is -2.02. The molecule has 0 saturated carbocycles. The Hall–Kier alpha value is -1.29. The second-order valence-electron chi connectivity index (χ2n) is 2.42. The van der Waals surface area contributed by atoms with E-state index >= 15 is 0 Å². The Balaban J connectivity index is 3.30. The van der Waals surface area contributed by atoms with E-state index in [4.69, 9.17) is 21.4 Å². The number of carbonyl (C=O) groups is 1. The fourth-order valence-electron chi connectivity index (χ4n) is 0.914. The predicted octanol–water partition coefficient (Wildman–Crippen LogP) is 1.75. The van der Waals surface area contributed by atoms with E-state index in [1.54, 1.807) is 6.92 Å². The van der Waals surface area contributed by atoms with E-state index in [-0.39, 0.29) is 10.7 Å². The van der Waals surface area contributed by atoms with Crippen molar-refractivity contribution in [1.29, 1.82) is 0 Å². The van der Waals surface area contributed by atoms with Gasteiger partial charge in [-0.2, -0.15) is 0 Å². The van der Waals surface area contributed by atoms with Gasteiger partial charge in [-0.25, -0.2) is 9.78 Å². The molecule has 13 heavy (non-hydrogen) atoms. The third-order valence-corrected chi connectivity index (χ3v) is 1.86. The zero-order chi connectivity index (χ0) is 10.0. The molecule has 0 aliphatic heterocycles. The standard InChI is InChI=1S/C8H8ClNO3/c1-4-6(13-2)3-5(8(11)12)7(9)10-4/h3H,1-2H3,(H,11,12). The molecule has 0 saturated heterocycles. The molecule has 1 aromatic heterocycles. The lowest BCUT2D eigenvalue weighted by atomic mass is 10.2. The molecule has 0 aromatic carbocycles. The molecular weight excluding hydrogens is 194 g/mol. The Morgan fingerprint density at radius 1 is 1.69 bits per heavy atom. The Bertz CT molecular complexity index is 351. The maximum Gasteiger partial charge on any atom is 0.338 e. The summed E-state index contributed by atoms with van der Waals surface area (Å²) >= 11 is 5.61. The predicted molar refractivity (Wildman–Crippen MR) is 47.5 cm³/mol. The summed E-state index contributed by atoms with van der Waals surface area (Å²) in [5, 5.41) is 8.67. The summed E-state index contributed by atoms with van der Waals surface area (Å²) in [6.45, 7) is 1.69. The van der Waals surface area contributed by atoms with E-state index in [0.29, 0.717) is 11.4 Å². The van der Waals surface area contributed by atoms with Gasteiger partial charge >= 0.3 is 5.97 Å². The van der Waals surface area contributed by atoms with Crippen LogP contribution in [0.3, 0.4) is 0 Å². The highest BCUT2D eigenvalue weighted by molar-refractivity contribution is 6.32. The average molecular weight is 202 g/mol. The monoisotopic (exact) mass is 201 g/mol. The van der Waals surface area contributed by atoms with Gasteiger partial charge in [0.2, 0.25) is 0 Å². The minimum Gasteiger partial charge on any atom is -0.495 e. The number of halogens is 1. The molecule has 0 spiro atoms. The number of aryl methyl sites for hydroxylation is 1. The van der Waals surface area contributed by atoms with Gasteiger partial charge < -0.3 is 9.84 Å². The van der Waals surface area contributed by atoms with Crippen LogP contribution in [0.15, 0.2) is 6.07 Å². The van der Waals surface area contributed by atoms with Crippen LogP contribution >= 0.6 is 11.6 Å². The van der Waals surface area contributed by atoms with Crippen LogP contribution in [0.4, 0.5) is 0 Å². The number of aromatic nitrogens is 1. The summed E-state index contributed by atoms with van der Waals surface area (Å²) in [5.74, 6) is -0.697. The van der Waals surface area contributed by atoms with Gasteiger partial charge in [0, 0.05) is 0 Å². The number of aromatic carboxylic acids is 1. The first-order chi connectivity index (χ1) is 6.06. The minimum absolute atomic E-state index is 0.0224. The van der Waals surface area contributed by atoms with Crippen LogP contribution in [0.1, 0.15) is 16.1 Å². The highest BCUT2D eigenvalue weighted by atomic mass is 35.5. The third-order valence-electron chi connectivity index (χ3n) is 1.57. The number of hydrogen-bond donors (Lipinski definition) is 1. The molecule has 0 bridgehead atoms. The molecule has 0 aliphatic carbocycles. The van der Waals surface area contributed by atoms with Crippen molar-refractivity contribution < 1.29 is 14.6 Å². The van der Waals surface area contributed by atoms with Gasteiger partial charge in [-0.15, -0.1) is 0 Å². The number of methoxy groups -OCH3 is 1. The van der Waals surface area contributed by atoms with Crippen molar-refractivity contribution in [3.8, 4) is 5.75 Å². The van der Waals surface area contributed by atoms with E-state index in [1.165, 1.54) is 13.2 Å². The summed E-state index contributed by atoms with van der Waals surface area (Å²) in [6, 6.07) is 1.35. The largest absolute Gasteiger partial charge is 0.495 e. The van der Waals surface area contributed by atoms with Crippen molar-refractivity contribution in [2.45, 2.75) is 6.92 Å². The second-order valence-corrected chi connectivity index (χ2v) is 2.78. The minimum atomic E-state index is -1.11. The average Bonchev–Trinajstić information content (AvgIpc) is 2.03. The van der Waals surface area contributed by atoms with Crippen LogP contribution in [-0.4, -0.2) is 23.2 Å². The molecule has 0 fully saturated rings. The fourth-order valence-corrected chi connectivity index (χ4v) is 1.18. The van der Waals surface area contributed by atoms with Crippen LogP contribution < -0.4 is 4.74 Å². The summed E-state index contributed by atoms with van der Waals surface area (Å²) in [4.78, 5) is 14.4. The first-order valence-electron chi connectivity index (χ1n) is 3.50. The number of rotatable bonds is 2. The molecule has 0 aliphatic rings. The van der Waals surface area contributed by atoms with E-state index in [1.807, 2.05) is 0 Å². The summed E-state index contributed by atoms with van der Waals surface area (Å²) in [6.07, 6.45) is 0.